The number of hydrogen-bond donors (Lipinski definition) is 3. The number of rotatable bonds is 5. The highest BCUT2D eigenvalue weighted by Crippen LogP contribution is 2.14. The number of amides is 2. The number of aromatic nitrogens is 2. The number of H-pyrrole nitrogens is 1. The number of nitrogens with zero attached hydrogens (tertiary/aromatic N) is 2. The molecule has 1 heterocycles. The van der Waals surface area contributed by atoms with E-state index < -0.39 is 5.91 Å². The fraction of sp³-hybridized carbons (Fsp3) is 0.200. The van der Waals surface area contributed by atoms with E-state index in [1.165, 1.54) is 6.20 Å². The molecule has 0 aliphatic rings. The molecule has 2 rings (SSSR count). The lowest BCUT2D eigenvalue weighted by Gasteiger charge is -2.06. The van der Waals surface area contributed by atoms with Crippen LogP contribution >= 0.6 is 0 Å². The van der Waals surface area contributed by atoms with Gasteiger partial charge in [0.2, 0.25) is 0 Å². The molecule has 0 radical (unpaired) electrons. The molecule has 112 valence electrons. The van der Waals surface area contributed by atoms with Crippen LogP contribution in [0.25, 0.3) is 0 Å². The van der Waals surface area contributed by atoms with E-state index in [1.807, 2.05) is 19.1 Å². The zero-order chi connectivity index (χ0) is 15.9. The summed E-state index contributed by atoms with van der Waals surface area (Å²) < 4.78 is 0. The first-order valence-electron chi connectivity index (χ1n) is 6.68. The van der Waals surface area contributed by atoms with Crippen LogP contribution in [0.15, 0.2) is 30.5 Å². The minimum atomic E-state index is -0.448. The molecular weight excluding hydrogens is 282 g/mol. The number of anilines is 1. The molecule has 0 saturated carbocycles. The monoisotopic (exact) mass is 297 g/mol. The Morgan fingerprint density at radius 2 is 2.18 bits per heavy atom. The van der Waals surface area contributed by atoms with E-state index in [-0.39, 0.29) is 24.6 Å². The Kier molecular flexibility index (Phi) is 4.88. The van der Waals surface area contributed by atoms with Crippen molar-refractivity contribution >= 4 is 17.5 Å². The van der Waals surface area contributed by atoms with Crippen molar-refractivity contribution in [3.05, 3.63) is 47.3 Å². The lowest BCUT2D eigenvalue weighted by molar-refractivity contribution is 0.0950. The maximum absolute atomic E-state index is 12.2. The van der Waals surface area contributed by atoms with Crippen LogP contribution in [0.3, 0.4) is 0 Å². The van der Waals surface area contributed by atoms with Gasteiger partial charge in [0.25, 0.3) is 11.8 Å². The summed E-state index contributed by atoms with van der Waals surface area (Å²) in [5.41, 5.74) is 1.84. The first kappa shape index (κ1) is 15.3. The van der Waals surface area contributed by atoms with Crippen molar-refractivity contribution in [1.82, 2.24) is 15.5 Å². The SMILES string of the molecule is Cc1cccc(C(=O)Nc2c[nH]nc2C(=O)NCCC#N)c1. The normalized spacial score (nSPS) is 9.82. The maximum atomic E-state index is 12.2. The molecule has 0 fully saturated rings. The van der Waals surface area contributed by atoms with Crippen LogP contribution in [0.5, 0.6) is 0 Å². The predicted octanol–water partition coefficient (Wildman–Crippen LogP) is 1.61. The lowest BCUT2D eigenvalue weighted by Crippen LogP contribution is -2.26. The number of hydrogen-bond acceptors (Lipinski definition) is 4. The van der Waals surface area contributed by atoms with E-state index in [0.29, 0.717) is 11.3 Å². The third-order valence-electron chi connectivity index (χ3n) is 2.91. The van der Waals surface area contributed by atoms with Crippen molar-refractivity contribution in [2.45, 2.75) is 13.3 Å². The second-order valence-corrected chi connectivity index (χ2v) is 4.64. The molecule has 2 amide bonds. The third kappa shape index (κ3) is 3.70. The maximum Gasteiger partial charge on any atom is 0.273 e. The van der Waals surface area contributed by atoms with Crippen LogP contribution in [0.4, 0.5) is 5.69 Å². The number of benzene rings is 1. The minimum Gasteiger partial charge on any atom is -0.350 e. The zero-order valence-corrected chi connectivity index (χ0v) is 12.0. The molecule has 22 heavy (non-hydrogen) atoms. The van der Waals surface area contributed by atoms with Gasteiger partial charge >= 0.3 is 0 Å². The molecule has 0 spiro atoms. The molecule has 2 aromatic rings. The average molecular weight is 297 g/mol. The topological polar surface area (TPSA) is 111 Å². The van der Waals surface area contributed by atoms with E-state index in [9.17, 15) is 9.59 Å². The van der Waals surface area contributed by atoms with Crippen molar-refractivity contribution in [2.75, 3.05) is 11.9 Å². The standard InChI is InChI=1S/C15H15N5O2/c1-10-4-2-5-11(8-10)14(21)19-12-9-18-20-13(12)15(22)17-7-3-6-16/h2,4-5,8-9H,3,7H2,1H3,(H,17,22)(H,18,20)(H,19,21). The van der Waals surface area contributed by atoms with Gasteiger partial charge in [-0.05, 0) is 19.1 Å². The van der Waals surface area contributed by atoms with Crippen LogP contribution in [0.2, 0.25) is 0 Å². The first-order chi connectivity index (χ1) is 10.6. The Bertz CT molecular complexity index is 730. The van der Waals surface area contributed by atoms with Crippen LogP contribution < -0.4 is 10.6 Å². The molecule has 0 bridgehead atoms. The molecule has 7 nitrogen and oxygen atoms in total. The Morgan fingerprint density at radius 1 is 1.36 bits per heavy atom. The predicted molar refractivity (Wildman–Crippen MR) is 80.3 cm³/mol. The second-order valence-electron chi connectivity index (χ2n) is 4.64. The van der Waals surface area contributed by atoms with Crippen molar-refractivity contribution < 1.29 is 9.59 Å². The van der Waals surface area contributed by atoms with Crippen LogP contribution in [-0.4, -0.2) is 28.6 Å². The molecule has 0 unspecified atom stereocenters. The zero-order valence-electron chi connectivity index (χ0n) is 12.0. The van der Waals surface area contributed by atoms with Gasteiger partial charge in [-0.1, -0.05) is 17.7 Å². The fourth-order valence-electron chi connectivity index (χ4n) is 1.85. The molecule has 7 heteroatoms. The minimum absolute atomic E-state index is 0.0824. The summed E-state index contributed by atoms with van der Waals surface area (Å²) in [4.78, 5) is 24.1. The van der Waals surface area contributed by atoms with E-state index in [1.54, 1.807) is 18.2 Å². The van der Waals surface area contributed by atoms with E-state index in [0.717, 1.165) is 5.56 Å². The highest BCUT2D eigenvalue weighted by molar-refractivity contribution is 6.08. The van der Waals surface area contributed by atoms with Gasteiger partial charge in [0.15, 0.2) is 5.69 Å². The highest BCUT2D eigenvalue weighted by Gasteiger charge is 2.17. The Balaban J connectivity index is 2.08. The van der Waals surface area contributed by atoms with Crippen LogP contribution in [-0.2, 0) is 0 Å². The van der Waals surface area contributed by atoms with E-state index in [2.05, 4.69) is 20.8 Å². The number of nitriles is 1. The number of nitrogens with one attached hydrogen (secondary N) is 3. The lowest BCUT2D eigenvalue weighted by atomic mass is 10.1. The third-order valence-corrected chi connectivity index (χ3v) is 2.91. The van der Waals surface area contributed by atoms with Crippen molar-refractivity contribution in [2.24, 2.45) is 0 Å². The molecular formula is C15H15N5O2. The Morgan fingerprint density at radius 3 is 2.91 bits per heavy atom. The van der Waals surface area contributed by atoms with Gasteiger partial charge in [-0.15, -0.1) is 0 Å². The summed E-state index contributed by atoms with van der Waals surface area (Å²) >= 11 is 0. The molecule has 0 saturated heterocycles. The summed E-state index contributed by atoms with van der Waals surface area (Å²) in [6, 6.07) is 9.05. The highest BCUT2D eigenvalue weighted by atomic mass is 16.2. The number of aryl methyl sites for hydroxylation is 1. The molecule has 0 aliphatic carbocycles. The van der Waals surface area contributed by atoms with E-state index >= 15 is 0 Å². The van der Waals surface area contributed by atoms with Crippen LogP contribution in [0.1, 0.15) is 32.8 Å². The van der Waals surface area contributed by atoms with Crippen molar-refractivity contribution in [3.63, 3.8) is 0 Å². The van der Waals surface area contributed by atoms with Gasteiger partial charge < -0.3 is 10.6 Å². The molecule has 1 aromatic heterocycles. The summed E-state index contributed by atoms with van der Waals surface area (Å²) in [7, 11) is 0. The van der Waals surface area contributed by atoms with Gasteiger partial charge in [-0.25, -0.2) is 0 Å². The van der Waals surface area contributed by atoms with Gasteiger partial charge in [-0.2, -0.15) is 10.4 Å². The van der Waals surface area contributed by atoms with Crippen molar-refractivity contribution in [1.29, 1.82) is 5.26 Å². The quantitative estimate of drug-likeness (QED) is 0.728. The number of carbonyl (C=O) groups is 2. The molecule has 0 aliphatic heterocycles. The largest absolute Gasteiger partial charge is 0.350 e. The van der Waals surface area contributed by atoms with Crippen LogP contribution in [0, 0.1) is 18.3 Å². The molecule has 3 N–H and O–H groups in total. The van der Waals surface area contributed by atoms with Gasteiger partial charge in [-0.3, -0.25) is 14.7 Å². The average Bonchev–Trinajstić information content (AvgIpc) is 2.95. The first-order valence-corrected chi connectivity index (χ1v) is 6.68. The summed E-state index contributed by atoms with van der Waals surface area (Å²) in [5, 5.41) is 20.0. The summed E-state index contributed by atoms with van der Waals surface area (Å²) in [5.74, 6) is -0.771. The van der Waals surface area contributed by atoms with E-state index in [4.69, 9.17) is 5.26 Å². The van der Waals surface area contributed by atoms with Gasteiger partial charge in [0, 0.05) is 18.3 Å². The van der Waals surface area contributed by atoms with Gasteiger partial charge in [0.1, 0.15) is 0 Å². The summed E-state index contributed by atoms with van der Waals surface area (Å²) in [6.45, 7) is 2.12. The molecule has 0 atom stereocenters. The summed E-state index contributed by atoms with van der Waals surface area (Å²) in [6.07, 6.45) is 1.65. The van der Waals surface area contributed by atoms with Gasteiger partial charge in [0.05, 0.1) is 18.2 Å². The van der Waals surface area contributed by atoms with Crippen molar-refractivity contribution in [3.8, 4) is 6.07 Å². The number of carbonyl (C=O) groups excluding carboxylic acids is 2. The molecule has 1 aromatic carbocycles. The Hall–Kier alpha value is -3.14. The fourth-order valence-corrected chi connectivity index (χ4v) is 1.85. The Labute approximate surface area is 127 Å². The smallest absolute Gasteiger partial charge is 0.273 e. The second kappa shape index (κ2) is 7.04. The number of aromatic amines is 1.